The number of nitrogens with zero attached hydrogens (tertiary/aromatic N) is 1. The van der Waals surface area contributed by atoms with Gasteiger partial charge in [-0.05, 0) is 17.5 Å². The Kier molecular flexibility index (Phi) is 2.31. The molecule has 1 fully saturated rings. The van der Waals surface area contributed by atoms with Crippen LogP contribution in [0.2, 0.25) is 0 Å². The number of ether oxygens (including phenoxy) is 1. The van der Waals surface area contributed by atoms with Crippen molar-refractivity contribution >= 4 is 10.2 Å². The fourth-order valence-electron chi connectivity index (χ4n) is 2.69. The van der Waals surface area contributed by atoms with Crippen LogP contribution in [0.15, 0.2) is 24.3 Å². The maximum atomic E-state index is 11.3. The lowest BCUT2D eigenvalue weighted by Gasteiger charge is -2.23. The van der Waals surface area contributed by atoms with Gasteiger partial charge in [0.25, 0.3) is 10.2 Å². The van der Waals surface area contributed by atoms with Crippen molar-refractivity contribution in [1.82, 2.24) is 4.31 Å². The summed E-state index contributed by atoms with van der Waals surface area (Å²) in [6.07, 6.45) is 0.667. The lowest BCUT2D eigenvalue weighted by atomic mass is 9.92. The molecular formula is C11H14N2O3S. The van der Waals surface area contributed by atoms with Gasteiger partial charge in [-0.3, -0.25) is 0 Å². The molecule has 0 aliphatic carbocycles. The maximum Gasteiger partial charge on any atom is 0.277 e. The van der Waals surface area contributed by atoms with Crippen LogP contribution in [-0.2, 0) is 27.2 Å². The van der Waals surface area contributed by atoms with Crippen molar-refractivity contribution in [2.75, 3.05) is 13.1 Å². The molecule has 0 radical (unpaired) electrons. The summed E-state index contributed by atoms with van der Waals surface area (Å²) in [5.41, 5.74) is 1.76. The second kappa shape index (κ2) is 3.52. The van der Waals surface area contributed by atoms with Gasteiger partial charge in [0.15, 0.2) is 0 Å². The van der Waals surface area contributed by atoms with Gasteiger partial charge in [-0.1, -0.05) is 24.3 Å². The second-order valence-electron chi connectivity index (χ2n) is 4.57. The summed E-state index contributed by atoms with van der Waals surface area (Å²) < 4.78 is 29.8. The average molecular weight is 254 g/mol. The molecule has 1 atom stereocenters. The molecule has 2 N–H and O–H groups in total. The van der Waals surface area contributed by atoms with Gasteiger partial charge >= 0.3 is 0 Å². The molecule has 0 amide bonds. The van der Waals surface area contributed by atoms with E-state index in [9.17, 15) is 8.42 Å². The first-order chi connectivity index (χ1) is 8.01. The number of fused-ring (bicyclic) bond motifs is 2. The van der Waals surface area contributed by atoms with E-state index < -0.39 is 15.8 Å². The number of hydrogen-bond donors (Lipinski definition) is 1. The summed E-state index contributed by atoms with van der Waals surface area (Å²) in [5, 5.41) is 5.15. The average Bonchev–Trinajstić information content (AvgIpc) is 2.86. The molecule has 1 saturated heterocycles. The zero-order valence-corrected chi connectivity index (χ0v) is 10.1. The Hall–Kier alpha value is -0.950. The third kappa shape index (κ3) is 1.68. The molecule has 2 aliphatic heterocycles. The summed E-state index contributed by atoms with van der Waals surface area (Å²) >= 11 is 0. The molecule has 1 spiro atoms. The lowest BCUT2D eigenvalue weighted by Crippen LogP contribution is -2.38. The van der Waals surface area contributed by atoms with Gasteiger partial charge in [-0.2, -0.15) is 12.7 Å². The highest BCUT2D eigenvalue weighted by Crippen LogP contribution is 2.43. The first-order valence-corrected chi connectivity index (χ1v) is 7.02. The zero-order valence-electron chi connectivity index (χ0n) is 9.30. The molecule has 0 saturated carbocycles. The number of rotatable bonds is 1. The smallest absolute Gasteiger partial charge is 0.277 e. The SMILES string of the molecule is NS(=O)(=O)N1CC[C@@]2(C1)OCc1ccccc12. The Morgan fingerprint density at radius 2 is 2.12 bits per heavy atom. The van der Waals surface area contributed by atoms with E-state index in [-0.39, 0.29) is 0 Å². The van der Waals surface area contributed by atoms with Gasteiger partial charge in [-0.25, -0.2) is 5.14 Å². The Labute approximate surface area is 100 Å². The van der Waals surface area contributed by atoms with Crippen LogP contribution in [0.1, 0.15) is 17.5 Å². The van der Waals surface area contributed by atoms with E-state index >= 15 is 0 Å². The van der Waals surface area contributed by atoms with E-state index in [1.54, 1.807) is 0 Å². The molecular weight excluding hydrogens is 240 g/mol. The largest absolute Gasteiger partial charge is 0.364 e. The van der Waals surface area contributed by atoms with E-state index in [1.165, 1.54) is 4.31 Å². The third-order valence-corrected chi connectivity index (χ3v) is 4.60. The molecule has 0 aromatic heterocycles. The van der Waals surface area contributed by atoms with Gasteiger partial charge in [0.05, 0.1) is 6.61 Å². The Balaban J connectivity index is 1.97. The topological polar surface area (TPSA) is 72.6 Å². The summed E-state index contributed by atoms with van der Waals surface area (Å²) in [7, 11) is -3.62. The van der Waals surface area contributed by atoms with Crippen LogP contribution in [0, 0.1) is 0 Å². The van der Waals surface area contributed by atoms with Crippen LogP contribution in [0.25, 0.3) is 0 Å². The minimum atomic E-state index is -3.62. The molecule has 5 nitrogen and oxygen atoms in total. The fraction of sp³-hybridized carbons (Fsp3) is 0.455. The minimum absolute atomic E-state index is 0.322. The van der Waals surface area contributed by atoms with Gasteiger partial charge in [-0.15, -0.1) is 0 Å². The van der Waals surface area contributed by atoms with Crippen molar-refractivity contribution in [2.45, 2.75) is 18.6 Å². The van der Waals surface area contributed by atoms with Crippen LogP contribution >= 0.6 is 0 Å². The quantitative estimate of drug-likeness (QED) is 0.784. The van der Waals surface area contributed by atoms with Crippen LogP contribution in [0.5, 0.6) is 0 Å². The van der Waals surface area contributed by atoms with Crippen molar-refractivity contribution < 1.29 is 13.2 Å². The summed E-state index contributed by atoms with van der Waals surface area (Å²) in [4.78, 5) is 0. The van der Waals surface area contributed by atoms with Crippen LogP contribution in [-0.4, -0.2) is 25.8 Å². The molecule has 3 rings (SSSR count). The van der Waals surface area contributed by atoms with Gasteiger partial charge in [0.1, 0.15) is 5.60 Å². The van der Waals surface area contributed by atoms with Crippen molar-refractivity contribution in [3.05, 3.63) is 35.4 Å². The number of nitrogens with two attached hydrogens (primary N) is 1. The Bertz CT molecular complexity index is 558. The van der Waals surface area contributed by atoms with Crippen LogP contribution in [0.4, 0.5) is 0 Å². The third-order valence-electron chi connectivity index (χ3n) is 3.57. The van der Waals surface area contributed by atoms with Crippen molar-refractivity contribution in [3.63, 3.8) is 0 Å². The molecule has 2 aliphatic rings. The first-order valence-electron chi connectivity index (χ1n) is 5.51. The van der Waals surface area contributed by atoms with E-state index in [4.69, 9.17) is 9.88 Å². The first kappa shape index (κ1) is 11.2. The van der Waals surface area contributed by atoms with E-state index in [0.29, 0.717) is 26.1 Å². The van der Waals surface area contributed by atoms with E-state index in [0.717, 1.165) is 11.1 Å². The Morgan fingerprint density at radius 3 is 2.82 bits per heavy atom. The van der Waals surface area contributed by atoms with Crippen molar-refractivity contribution in [2.24, 2.45) is 5.14 Å². The zero-order chi connectivity index (χ0) is 12.1. The highest BCUT2D eigenvalue weighted by atomic mass is 32.2. The van der Waals surface area contributed by atoms with Crippen molar-refractivity contribution in [1.29, 1.82) is 0 Å². The van der Waals surface area contributed by atoms with Gasteiger partial charge < -0.3 is 4.74 Å². The molecule has 1 aromatic carbocycles. The standard InChI is InChI=1S/C11H14N2O3S/c12-17(14,15)13-6-5-11(8-13)10-4-2-1-3-9(10)7-16-11/h1-4H,5-8H2,(H2,12,14,15)/t11-/m0/s1. The molecule has 2 heterocycles. The molecule has 6 heteroatoms. The highest BCUT2D eigenvalue weighted by Gasteiger charge is 2.47. The van der Waals surface area contributed by atoms with Crippen LogP contribution < -0.4 is 5.14 Å². The summed E-state index contributed by atoms with van der Waals surface area (Å²) in [5.74, 6) is 0. The number of hydrogen-bond acceptors (Lipinski definition) is 3. The molecule has 17 heavy (non-hydrogen) atoms. The minimum Gasteiger partial charge on any atom is -0.364 e. The fourth-order valence-corrected chi connectivity index (χ4v) is 3.42. The van der Waals surface area contributed by atoms with Crippen LogP contribution in [0.3, 0.4) is 0 Å². The monoisotopic (exact) mass is 254 g/mol. The summed E-state index contributed by atoms with van der Waals surface area (Å²) in [6, 6.07) is 7.95. The lowest BCUT2D eigenvalue weighted by molar-refractivity contribution is -0.0255. The van der Waals surface area contributed by atoms with Gasteiger partial charge in [0, 0.05) is 13.1 Å². The highest BCUT2D eigenvalue weighted by molar-refractivity contribution is 7.86. The molecule has 0 bridgehead atoms. The van der Waals surface area contributed by atoms with Crippen molar-refractivity contribution in [3.8, 4) is 0 Å². The van der Waals surface area contributed by atoms with E-state index in [2.05, 4.69) is 0 Å². The molecule has 0 unspecified atom stereocenters. The second-order valence-corrected chi connectivity index (χ2v) is 6.11. The predicted octanol–water partition coefficient (Wildman–Crippen LogP) is 0.321. The molecule has 1 aromatic rings. The molecule has 92 valence electrons. The normalized spacial score (nSPS) is 28.8. The number of benzene rings is 1. The van der Waals surface area contributed by atoms with Gasteiger partial charge in [0.2, 0.25) is 0 Å². The Morgan fingerprint density at radius 1 is 1.35 bits per heavy atom. The predicted molar refractivity (Wildman–Crippen MR) is 62.2 cm³/mol. The summed E-state index contributed by atoms with van der Waals surface area (Å²) in [6.45, 7) is 1.30. The maximum absolute atomic E-state index is 11.3. The van der Waals surface area contributed by atoms with E-state index in [1.807, 2.05) is 24.3 Å².